The summed E-state index contributed by atoms with van der Waals surface area (Å²) >= 11 is 0. The lowest BCUT2D eigenvalue weighted by Gasteiger charge is -2.22. The molecule has 1 aliphatic rings. The Labute approximate surface area is 96.4 Å². The number of hydrogen-bond acceptors (Lipinski definition) is 3. The van der Waals surface area contributed by atoms with E-state index in [0.717, 1.165) is 25.0 Å². The van der Waals surface area contributed by atoms with E-state index < -0.39 is 9.84 Å². The van der Waals surface area contributed by atoms with Gasteiger partial charge in [0.2, 0.25) is 0 Å². The first kappa shape index (κ1) is 11.6. The van der Waals surface area contributed by atoms with Crippen molar-refractivity contribution >= 4 is 9.84 Å². The molecule has 1 unspecified atom stereocenters. The van der Waals surface area contributed by atoms with Crippen molar-refractivity contribution in [2.24, 2.45) is 0 Å². The van der Waals surface area contributed by atoms with Crippen LogP contribution >= 0.6 is 0 Å². The third kappa shape index (κ3) is 2.62. The Bertz CT molecular complexity index is 442. The van der Waals surface area contributed by atoms with Gasteiger partial charge in [-0.3, -0.25) is 0 Å². The molecule has 1 saturated heterocycles. The van der Waals surface area contributed by atoms with Crippen molar-refractivity contribution < 1.29 is 13.2 Å². The third-order valence-corrected chi connectivity index (χ3v) is 3.99. The number of ether oxygens (including phenoxy) is 1. The van der Waals surface area contributed by atoms with Gasteiger partial charge >= 0.3 is 0 Å². The molecular formula is C12H16O3S. The zero-order valence-electron chi connectivity index (χ0n) is 9.35. The number of sulfone groups is 1. The molecule has 1 aromatic rings. The smallest absolute Gasteiger partial charge is 0.175 e. The monoisotopic (exact) mass is 240 g/mol. The molecule has 0 aliphatic carbocycles. The van der Waals surface area contributed by atoms with Crippen LogP contribution in [0.25, 0.3) is 0 Å². The molecule has 1 aromatic carbocycles. The second kappa shape index (κ2) is 4.55. The van der Waals surface area contributed by atoms with Gasteiger partial charge in [-0.1, -0.05) is 12.1 Å². The van der Waals surface area contributed by atoms with Gasteiger partial charge in [-0.25, -0.2) is 8.42 Å². The zero-order valence-corrected chi connectivity index (χ0v) is 10.2. The highest BCUT2D eigenvalue weighted by atomic mass is 32.2. The lowest BCUT2D eigenvalue weighted by molar-refractivity contribution is 0.0149. The fraction of sp³-hybridized carbons (Fsp3) is 0.500. The Hall–Kier alpha value is -0.870. The largest absolute Gasteiger partial charge is 0.374 e. The van der Waals surface area contributed by atoms with Crippen molar-refractivity contribution in [1.82, 2.24) is 0 Å². The predicted octanol–water partition coefficient (Wildman–Crippen LogP) is 2.33. The van der Waals surface area contributed by atoms with Crippen molar-refractivity contribution in [3.63, 3.8) is 0 Å². The van der Waals surface area contributed by atoms with Crippen LogP contribution in [0, 0.1) is 0 Å². The highest BCUT2D eigenvalue weighted by Crippen LogP contribution is 2.28. The summed E-state index contributed by atoms with van der Waals surface area (Å²) in [5.74, 6) is 0. The first-order valence-corrected chi connectivity index (χ1v) is 7.38. The summed E-state index contributed by atoms with van der Waals surface area (Å²) in [6.07, 6.45) is 4.69. The van der Waals surface area contributed by atoms with Crippen molar-refractivity contribution in [2.75, 3.05) is 12.9 Å². The van der Waals surface area contributed by atoms with E-state index in [1.807, 2.05) is 12.1 Å². The molecule has 0 amide bonds. The van der Waals surface area contributed by atoms with E-state index >= 15 is 0 Å². The minimum atomic E-state index is -3.09. The van der Waals surface area contributed by atoms with Gasteiger partial charge < -0.3 is 4.74 Å². The molecular weight excluding hydrogens is 224 g/mol. The van der Waals surface area contributed by atoms with Gasteiger partial charge in [0.25, 0.3) is 0 Å². The molecule has 1 heterocycles. The fourth-order valence-corrected chi connectivity index (χ4v) is 2.56. The van der Waals surface area contributed by atoms with E-state index in [1.54, 1.807) is 12.1 Å². The molecule has 0 bridgehead atoms. The van der Waals surface area contributed by atoms with E-state index in [9.17, 15) is 8.42 Å². The average molecular weight is 240 g/mol. The average Bonchev–Trinajstić information content (AvgIpc) is 2.29. The van der Waals surface area contributed by atoms with E-state index in [-0.39, 0.29) is 6.10 Å². The van der Waals surface area contributed by atoms with E-state index in [4.69, 9.17) is 4.74 Å². The molecule has 0 N–H and O–H groups in total. The highest BCUT2D eigenvalue weighted by Gasteiger charge is 2.16. The Morgan fingerprint density at radius 3 is 2.38 bits per heavy atom. The Kier molecular flexibility index (Phi) is 3.30. The molecule has 3 nitrogen and oxygen atoms in total. The summed E-state index contributed by atoms with van der Waals surface area (Å²) in [7, 11) is -3.09. The van der Waals surface area contributed by atoms with Crippen LogP contribution in [-0.4, -0.2) is 21.3 Å². The first-order chi connectivity index (χ1) is 7.57. The molecule has 16 heavy (non-hydrogen) atoms. The lowest BCUT2D eigenvalue weighted by Crippen LogP contribution is -2.11. The molecule has 2 rings (SSSR count). The second-order valence-corrected chi connectivity index (χ2v) is 6.21. The summed E-state index contributed by atoms with van der Waals surface area (Å²) in [6, 6.07) is 7.02. The fourth-order valence-electron chi connectivity index (χ4n) is 1.93. The maximum Gasteiger partial charge on any atom is 0.175 e. The molecule has 1 fully saturated rings. The number of hydrogen-bond donors (Lipinski definition) is 0. The van der Waals surface area contributed by atoms with Crippen molar-refractivity contribution in [2.45, 2.75) is 30.3 Å². The van der Waals surface area contributed by atoms with E-state index in [2.05, 4.69) is 0 Å². The van der Waals surface area contributed by atoms with Gasteiger partial charge in [0.05, 0.1) is 11.0 Å². The minimum absolute atomic E-state index is 0.141. The SMILES string of the molecule is CS(=O)(=O)c1ccc(C2CCCCO2)cc1. The summed E-state index contributed by atoms with van der Waals surface area (Å²) in [4.78, 5) is 0.368. The number of benzene rings is 1. The van der Waals surface area contributed by atoms with Crippen molar-refractivity contribution in [3.8, 4) is 0 Å². The van der Waals surface area contributed by atoms with Crippen LogP contribution in [0.5, 0.6) is 0 Å². The molecule has 1 aliphatic heterocycles. The van der Waals surface area contributed by atoms with Gasteiger partial charge in [0, 0.05) is 12.9 Å². The molecule has 0 aromatic heterocycles. The topological polar surface area (TPSA) is 43.4 Å². The van der Waals surface area contributed by atoms with Crippen LogP contribution in [0.3, 0.4) is 0 Å². The summed E-state index contributed by atoms with van der Waals surface area (Å²) in [5, 5.41) is 0. The lowest BCUT2D eigenvalue weighted by atomic mass is 10.0. The van der Waals surface area contributed by atoms with Crippen LogP contribution in [0.4, 0.5) is 0 Å². The normalized spacial score (nSPS) is 21.9. The molecule has 0 radical (unpaired) electrons. The van der Waals surface area contributed by atoms with Crippen LogP contribution < -0.4 is 0 Å². The Balaban J connectivity index is 2.18. The molecule has 0 spiro atoms. The van der Waals surface area contributed by atoms with Gasteiger partial charge in [-0.05, 0) is 37.0 Å². The third-order valence-electron chi connectivity index (χ3n) is 2.86. The quantitative estimate of drug-likeness (QED) is 0.797. The maximum absolute atomic E-state index is 11.3. The Morgan fingerprint density at radius 1 is 1.19 bits per heavy atom. The van der Waals surface area contributed by atoms with Gasteiger partial charge in [-0.2, -0.15) is 0 Å². The molecule has 1 atom stereocenters. The van der Waals surface area contributed by atoms with Crippen LogP contribution in [0.15, 0.2) is 29.2 Å². The van der Waals surface area contributed by atoms with E-state index in [0.29, 0.717) is 4.90 Å². The van der Waals surface area contributed by atoms with Crippen LogP contribution in [0.2, 0.25) is 0 Å². The van der Waals surface area contributed by atoms with Gasteiger partial charge in [0.15, 0.2) is 9.84 Å². The summed E-state index contributed by atoms with van der Waals surface area (Å²) < 4.78 is 28.2. The van der Waals surface area contributed by atoms with Crippen LogP contribution in [-0.2, 0) is 14.6 Å². The van der Waals surface area contributed by atoms with Gasteiger partial charge in [0.1, 0.15) is 0 Å². The van der Waals surface area contributed by atoms with Crippen LogP contribution in [0.1, 0.15) is 30.9 Å². The summed E-state index contributed by atoms with van der Waals surface area (Å²) in [6.45, 7) is 0.804. The molecule has 0 saturated carbocycles. The highest BCUT2D eigenvalue weighted by molar-refractivity contribution is 7.90. The first-order valence-electron chi connectivity index (χ1n) is 5.49. The second-order valence-electron chi connectivity index (χ2n) is 4.20. The molecule has 88 valence electrons. The van der Waals surface area contributed by atoms with Gasteiger partial charge in [-0.15, -0.1) is 0 Å². The number of rotatable bonds is 2. The van der Waals surface area contributed by atoms with Crippen molar-refractivity contribution in [1.29, 1.82) is 0 Å². The summed E-state index contributed by atoms with van der Waals surface area (Å²) in [5.41, 5.74) is 1.08. The predicted molar refractivity (Wildman–Crippen MR) is 62.1 cm³/mol. The standard InChI is InChI=1S/C12H16O3S/c1-16(13,14)11-7-5-10(6-8-11)12-4-2-3-9-15-12/h5-8,12H,2-4,9H2,1H3. The van der Waals surface area contributed by atoms with E-state index in [1.165, 1.54) is 12.7 Å². The minimum Gasteiger partial charge on any atom is -0.374 e. The zero-order chi connectivity index (χ0) is 11.6. The molecule has 4 heteroatoms. The Morgan fingerprint density at radius 2 is 1.88 bits per heavy atom. The van der Waals surface area contributed by atoms with Crippen molar-refractivity contribution in [3.05, 3.63) is 29.8 Å². The maximum atomic E-state index is 11.3.